The monoisotopic (exact) mass is 302 g/mol. The molecule has 0 aliphatic rings. The Balaban J connectivity index is 2.30. The molecular weight excluding hydrogens is 280 g/mol. The van der Waals surface area contributed by atoms with Crippen LogP contribution in [0, 0.1) is 5.41 Å². The molecule has 0 aliphatic heterocycles. The molecule has 2 rings (SSSR count). The summed E-state index contributed by atoms with van der Waals surface area (Å²) in [4.78, 5) is 29.0. The number of carbonyl (C=O) groups is 1. The quantitative estimate of drug-likeness (QED) is 0.947. The van der Waals surface area contributed by atoms with E-state index < -0.39 is 5.56 Å². The van der Waals surface area contributed by atoms with Gasteiger partial charge in [0.2, 0.25) is 0 Å². The van der Waals surface area contributed by atoms with Crippen LogP contribution in [0.3, 0.4) is 0 Å². The highest BCUT2D eigenvalue weighted by molar-refractivity contribution is 5.94. The summed E-state index contributed by atoms with van der Waals surface area (Å²) < 4.78 is 5.24. The number of pyridine rings is 1. The van der Waals surface area contributed by atoms with Crippen LogP contribution >= 0.6 is 0 Å². The molecule has 22 heavy (non-hydrogen) atoms. The van der Waals surface area contributed by atoms with Crippen LogP contribution in [0.15, 0.2) is 39.7 Å². The number of amides is 1. The van der Waals surface area contributed by atoms with Crippen LogP contribution in [0.2, 0.25) is 0 Å². The molecule has 2 heterocycles. The molecule has 2 aromatic heterocycles. The summed E-state index contributed by atoms with van der Waals surface area (Å²) in [6, 6.07) is 6.73. The lowest BCUT2D eigenvalue weighted by Gasteiger charge is -2.35. The first-order chi connectivity index (χ1) is 10.2. The van der Waals surface area contributed by atoms with E-state index in [1.165, 1.54) is 6.26 Å². The average Bonchev–Trinajstić information content (AvgIpc) is 2.98. The van der Waals surface area contributed by atoms with Gasteiger partial charge < -0.3 is 14.3 Å². The number of carbonyl (C=O) groups excluding carboxylic acids is 1. The van der Waals surface area contributed by atoms with Crippen molar-refractivity contribution < 1.29 is 9.21 Å². The summed E-state index contributed by atoms with van der Waals surface area (Å²) >= 11 is 0. The van der Waals surface area contributed by atoms with Crippen LogP contribution in [0.25, 0.3) is 11.5 Å². The van der Waals surface area contributed by atoms with Gasteiger partial charge in [0.05, 0.1) is 12.0 Å². The van der Waals surface area contributed by atoms with E-state index in [1.54, 1.807) is 36.2 Å². The fourth-order valence-corrected chi connectivity index (χ4v) is 2.16. The third-order valence-electron chi connectivity index (χ3n) is 4.08. The van der Waals surface area contributed by atoms with Crippen LogP contribution in [-0.4, -0.2) is 28.9 Å². The summed E-state index contributed by atoms with van der Waals surface area (Å²) in [6.07, 6.45) is 1.53. The van der Waals surface area contributed by atoms with Gasteiger partial charge in [0.1, 0.15) is 11.3 Å². The van der Waals surface area contributed by atoms with Crippen LogP contribution in [0.4, 0.5) is 0 Å². The molecule has 0 radical (unpaired) electrons. The van der Waals surface area contributed by atoms with Crippen LogP contribution in [-0.2, 0) is 0 Å². The summed E-state index contributed by atoms with van der Waals surface area (Å²) in [5.74, 6) is 0.280. The molecule has 0 saturated heterocycles. The van der Waals surface area contributed by atoms with Crippen molar-refractivity contribution in [2.75, 3.05) is 7.05 Å². The Kier molecular flexibility index (Phi) is 4.26. The molecule has 5 heteroatoms. The summed E-state index contributed by atoms with van der Waals surface area (Å²) in [5.41, 5.74) is 0.212. The van der Waals surface area contributed by atoms with Crippen molar-refractivity contribution in [3.63, 3.8) is 0 Å². The molecule has 1 N–H and O–H groups in total. The number of aromatic nitrogens is 1. The number of rotatable bonds is 3. The maximum absolute atomic E-state index is 12.5. The van der Waals surface area contributed by atoms with Gasteiger partial charge in [-0.1, -0.05) is 20.8 Å². The molecule has 0 aliphatic carbocycles. The average molecular weight is 302 g/mol. The predicted octanol–water partition coefficient (Wildman–Crippen LogP) is 3.14. The predicted molar refractivity (Wildman–Crippen MR) is 85.8 cm³/mol. The first-order valence-electron chi connectivity index (χ1n) is 7.26. The second kappa shape index (κ2) is 5.83. The molecule has 0 saturated carbocycles. The minimum Gasteiger partial charge on any atom is -0.463 e. The van der Waals surface area contributed by atoms with Gasteiger partial charge in [-0.3, -0.25) is 9.59 Å². The fraction of sp³-hybridized carbons (Fsp3) is 0.412. The van der Waals surface area contributed by atoms with E-state index in [-0.39, 0.29) is 22.9 Å². The van der Waals surface area contributed by atoms with Crippen molar-refractivity contribution in [2.45, 2.75) is 33.7 Å². The van der Waals surface area contributed by atoms with E-state index >= 15 is 0 Å². The maximum atomic E-state index is 12.5. The van der Waals surface area contributed by atoms with E-state index in [0.29, 0.717) is 11.5 Å². The third kappa shape index (κ3) is 3.13. The number of aromatic amines is 1. The fourth-order valence-electron chi connectivity index (χ4n) is 2.16. The topological polar surface area (TPSA) is 66.3 Å². The van der Waals surface area contributed by atoms with Gasteiger partial charge >= 0.3 is 0 Å². The zero-order valence-corrected chi connectivity index (χ0v) is 13.6. The number of hydrogen-bond donors (Lipinski definition) is 1. The van der Waals surface area contributed by atoms with Gasteiger partial charge in [0.15, 0.2) is 0 Å². The standard InChI is InChI=1S/C17H22N2O3/c1-11(17(2,3)4)19(5)16(21)12-8-9-13(18-15(12)20)14-7-6-10-22-14/h6-11H,1-5H3,(H,18,20)/t11-/m1/s1. The van der Waals surface area contributed by atoms with E-state index in [2.05, 4.69) is 25.8 Å². The minimum absolute atomic E-state index is 0.00384. The normalized spacial score (nSPS) is 13.0. The van der Waals surface area contributed by atoms with Crippen molar-refractivity contribution in [3.05, 3.63) is 46.4 Å². The van der Waals surface area contributed by atoms with Gasteiger partial charge in [-0.2, -0.15) is 0 Å². The second-order valence-corrected chi connectivity index (χ2v) is 6.55. The lowest BCUT2D eigenvalue weighted by molar-refractivity contribution is 0.0627. The van der Waals surface area contributed by atoms with Gasteiger partial charge in [-0.15, -0.1) is 0 Å². The maximum Gasteiger partial charge on any atom is 0.261 e. The molecule has 0 unspecified atom stereocenters. The Morgan fingerprint density at radius 2 is 1.95 bits per heavy atom. The van der Waals surface area contributed by atoms with Crippen LogP contribution in [0.5, 0.6) is 0 Å². The van der Waals surface area contributed by atoms with E-state index in [9.17, 15) is 9.59 Å². The zero-order chi connectivity index (χ0) is 16.5. The van der Waals surface area contributed by atoms with Crippen molar-refractivity contribution in [1.82, 2.24) is 9.88 Å². The Morgan fingerprint density at radius 1 is 1.27 bits per heavy atom. The Bertz CT molecular complexity index is 708. The molecule has 0 bridgehead atoms. The molecule has 0 fully saturated rings. The van der Waals surface area contributed by atoms with Crippen molar-refractivity contribution >= 4 is 5.91 Å². The summed E-state index contributed by atoms with van der Waals surface area (Å²) in [6.45, 7) is 8.16. The van der Waals surface area contributed by atoms with Crippen LogP contribution < -0.4 is 5.56 Å². The van der Waals surface area contributed by atoms with Gasteiger partial charge in [-0.25, -0.2) is 0 Å². The van der Waals surface area contributed by atoms with Gasteiger partial charge in [0, 0.05) is 13.1 Å². The molecule has 118 valence electrons. The highest BCUT2D eigenvalue weighted by Crippen LogP contribution is 2.24. The second-order valence-electron chi connectivity index (χ2n) is 6.55. The number of hydrogen-bond acceptors (Lipinski definition) is 3. The van der Waals surface area contributed by atoms with Gasteiger partial charge in [0.25, 0.3) is 11.5 Å². The smallest absolute Gasteiger partial charge is 0.261 e. The van der Waals surface area contributed by atoms with E-state index in [0.717, 1.165) is 0 Å². The molecule has 0 aromatic carbocycles. The Labute approximate surface area is 130 Å². The van der Waals surface area contributed by atoms with Crippen LogP contribution in [0.1, 0.15) is 38.1 Å². The summed E-state index contributed by atoms with van der Waals surface area (Å²) in [5, 5.41) is 0. The molecule has 1 atom stereocenters. The molecule has 5 nitrogen and oxygen atoms in total. The number of nitrogens with one attached hydrogen (secondary N) is 1. The molecular formula is C17H22N2O3. The Morgan fingerprint density at radius 3 is 2.45 bits per heavy atom. The first-order valence-corrected chi connectivity index (χ1v) is 7.26. The lowest BCUT2D eigenvalue weighted by Crippen LogP contribution is -2.44. The molecule has 0 spiro atoms. The van der Waals surface area contributed by atoms with E-state index in [4.69, 9.17) is 4.42 Å². The lowest BCUT2D eigenvalue weighted by atomic mass is 9.87. The molecule has 1 amide bonds. The Hall–Kier alpha value is -2.30. The van der Waals surface area contributed by atoms with Crippen molar-refractivity contribution in [3.8, 4) is 11.5 Å². The minimum atomic E-state index is -0.410. The van der Waals surface area contributed by atoms with E-state index in [1.807, 2.05) is 6.92 Å². The van der Waals surface area contributed by atoms with Crippen molar-refractivity contribution in [2.24, 2.45) is 5.41 Å². The van der Waals surface area contributed by atoms with Crippen molar-refractivity contribution in [1.29, 1.82) is 0 Å². The first kappa shape index (κ1) is 16.1. The van der Waals surface area contributed by atoms with Gasteiger partial charge in [-0.05, 0) is 36.6 Å². The third-order valence-corrected chi connectivity index (χ3v) is 4.08. The largest absolute Gasteiger partial charge is 0.463 e. The molecule has 2 aromatic rings. The number of H-pyrrole nitrogens is 1. The zero-order valence-electron chi connectivity index (χ0n) is 13.6. The SMILES string of the molecule is C[C@@H](N(C)C(=O)c1ccc(-c2ccco2)[nH]c1=O)C(C)(C)C. The summed E-state index contributed by atoms with van der Waals surface area (Å²) in [7, 11) is 1.72. The number of furan rings is 1. The number of nitrogens with zero attached hydrogens (tertiary/aromatic N) is 1. The highest BCUT2D eigenvalue weighted by atomic mass is 16.3. The highest BCUT2D eigenvalue weighted by Gasteiger charge is 2.28.